The van der Waals surface area contributed by atoms with E-state index in [1.807, 2.05) is 41.3 Å². The monoisotopic (exact) mass is 427 g/mol. The molecule has 1 aliphatic carbocycles. The molecular weight excluding hydrogens is 402 g/mol. The van der Waals surface area contributed by atoms with Crippen LogP contribution in [-0.4, -0.2) is 52.9 Å². The Balaban J connectivity index is 1.19. The van der Waals surface area contributed by atoms with Crippen molar-refractivity contribution in [2.75, 3.05) is 36.4 Å². The Kier molecular flexibility index (Phi) is 5.54. The minimum absolute atomic E-state index is 0.0115. The van der Waals surface area contributed by atoms with Crippen LogP contribution >= 0.6 is 0 Å². The number of hydrogen-bond donors (Lipinski definition) is 1. The van der Waals surface area contributed by atoms with Crippen molar-refractivity contribution >= 4 is 23.3 Å². The van der Waals surface area contributed by atoms with Gasteiger partial charge in [-0.3, -0.25) is 9.59 Å². The Hall–Kier alpha value is -3.74. The van der Waals surface area contributed by atoms with Gasteiger partial charge in [0.05, 0.1) is 0 Å². The van der Waals surface area contributed by atoms with Crippen molar-refractivity contribution in [1.29, 1.82) is 0 Å². The first-order valence-electron chi connectivity index (χ1n) is 11.0. The molecule has 0 radical (unpaired) electrons. The van der Waals surface area contributed by atoms with Crippen molar-refractivity contribution in [3.63, 3.8) is 0 Å². The first-order valence-corrected chi connectivity index (χ1v) is 11.0. The molecule has 1 saturated heterocycles. The Morgan fingerprint density at radius 3 is 2.28 bits per heavy atom. The summed E-state index contributed by atoms with van der Waals surface area (Å²) in [6, 6.07) is 19.0. The molecule has 2 fully saturated rings. The zero-order chi connectivity index (χ0) is 21.9. The van der Waals surface area contributed by atoms with Gasteiger partial charge >= 0.3 is 0 Å². The molecule has 2 heterocycles. The molecule has 3 aromatic rings. The summed E-state index contributed by atoms with van der Waals surface area (Å²) < 4.78 is 0. The Morgan fingerprint density at radius 2 is 1.59 bits per heavy atom. The van der Waals surface area contributed by atoms with Gasteiger partial charge in [0, 0.05) is 55.1 Å². The van der Waals surface area contributed by atoms with Crippen LogP contribution in [-0.2, 0) is 4.79 Å². The van der Waals surface area contributed by atoms with Gasteiger partial charge in [-0.05, 0) is 43.2 Å². The number of amides is 2. The first-order chi connectivity index (χ1) is 15.7. The lowest BCUT2D eigenvalue weighted by atomic mass is 10.1. The predicted molar refractivity (Wildman–Crippen MR) is 123 cm³/mol. The van der Waals surface area contributed by atoms with E-state index in [-0.39, 0.29) is 17.7 Å². The van der Waals surface area contributed by atoms with Gasteiger partial charge in [0.2, 0.25) is 5.91 Å². The van der Waals surface area contributed by atoms with Crippen LogP contribution in [0.15, 0.2) is 66.9 Å². The molecule has 1 saturated carbocycles. The predicted octanol–water partition coefficient (Wildman–Crippen LogP) is 3.45. The zero-order valence-corrected chi connectivity index (χ0v) is 17.8. The van der Waals surface area contributed by atoms with Gasteiger partial charge in [0.25, 0.3) is 5.91 Å². The van der Waals surface area contributed by atoms with Gasteiger partial charge < -0.3 is 15.1 Å². The molecule has 2 amide bonds. The Bertz CT molecular complexity index is 1100. The van der Waals surface area contributed by atoms with Gasteiger partial charge in [-0.2, -0.15) is 0 Å². The van der Waals surface area contributed by atoms with Crippen molar-refractivity contribution < 1.29 is 9.59 Å². The van der Waals surface area contributed by atoms with Gasteiger partial charge in [-0.1, -0.05) is 30.3 Å². The maximum atomic E-state index is 12.9. The van der Waals surface area contributed by atoms with Crippen LogP contribution in [0.2, 0.25) is 0 Å². The average molecular weight is 428 g/mol. The second kappa shape index (κ2) is 8.78. The number of piperazine rings is 1. The van der Waals surface area contributed by atoms with Crippen molar-refractivity contribution in [3.05, 3.63) is 72.4 Å². The highest BCUT2D eigenvalue weighted by Gasteiger charge is 2.29. The molecule has 0 unspecified atom stereocenters. The Morgan fingerprint density at radius 1 is 0.875 bits per heavy atom. The number of carbonyl (C=O) groups excluding carboxylic acids is 2. The number of hydrogen-bond acceptors (Lipinski definition) is 5. The molecule has 0 atom stereocenters. The van der Waals surface area contributed by atoms with Crippen LogP contribution in [0.5, 0.6) is 0 Å². The van der Waals surface area contributed by atoms with Crippen LogP contribution in [0.25, 0.3) is 11.4 Å². The van der Waals surface area contributed by atoms with E-state index in [2.05, 4.69) is 15.2 Å². The molecule has 2 aliphatic rings. The van der Waals surface area contributed by atoms with E-state index in [0.717, 1.165) is 29.9 Å². The topological polar surface area (TPSA) is 78.4 Å². The SMILES string of the molecule is O=C(Nc1ccc(C(=O)N2CCN(c3ccnc(-c4ccccc4)n3)CC2)cc1)C1CC1. The van der Waals surface area contributed by atoms with Crippen molar-refractivity contribution in [2.45, 2.75) is 12.8 Å². The third kappa shape index (κ3) is 4.46. The van der Waals surface area contributed by atoms with Crippen molar-refractivity contribution in [1.82, 2.24) is 14.9 Å². The highest BCUT2D eigenvalue weighted by Crippen LogP contribution is 2.30. The quantitative estimate of drug-likeness (QED) is 0.675. The smallest absolute Gasteiger partial charge is 0.253 e. The van der Waals surface area contributed by atoms with Crippen LogP contribution in [0.3, 0.4) is 0 Å². The largest absolute Gasteiger partial charge is 0.353 e. The first kappa shape index (κ1) is 20.2. The molecule has 1 aromatic heterocycles. The molecule has 7 nitrogen and oxygen atoms in total. The number of benzene rings is 2. The fourth-order valence-electron chi connectivity index (χ4n) is 3.86. The lowest BCUT2D eigenvalue weighted by Gasteiger charge is -2.35. The standard InChI is InChI=1S/C25H25N5O2/c31-24(19-6-7-19)27-21-10-8-20(9-11-21)25(32)30-16-14-29(15-17-30)22-12-13-26-23(28-22)18-4-2-1-3-5-18/h1-5,8-13,19H,6-7,14-17H2,(H,27,31). The van der Waals surface area contributed by atoms with Crippen LogP contribution < -0.4 is 10.2 Å². The number of anilines is 2. The van der Waals surface area contributed by atoms with E-state index in [1.54, 1.807) is 30.5 Å². The molecule has 1 N–H and O–H groups in total. The average Bonchev–Trinajstić information content (AvgIpc) is 3.71. The number of rotatable bonds is 5. The van der Waals surface area contributed by atoms with E-state index < -0.39 is 0 Å². The van der Waals surface area contributed by atoms with Gasteiger partial charge in [-0.15, -0.1) is 0 Å². The zero-order valence-electron chi connectivity index (χ0n) is 17.8. The summed E-state index contributed by atoms with van der Waals surface area (Å²) in [5, 5.41) is 2.91. The van der Waals surface area contributed by atoms with E-state index in [0.29, 0.717) is 37.6 Å². The summed E-state index contributed by atoms with van der Waals surface area (Å²) in [7, 11) is 0. The summed E-state index contributed by atoms with van der Waals surface area (Å²) in [6.07, 6.45) is 3.72. The summed E-state index contributed by atoms with van der Waals surface area (Å²) in [6.45, 7) is 2.69. The van der Waals surface area contributed by atoms with E-state index in [9.17, 15) is 9.59 Å². The number of aromatic nitrogens is 2. The summed E-state index contributed by atoms with van der Waals surface area (Å²) in [5.41, 5.74) is 2.36. The second-order valence-electron chi connectivity index (χ2n) is 8.22. The van der Waals surface area contributed by atoms with Crippen LogP contribution in [0.1, 0.15) is 23.2 Å². The fourth-order valence-corrected chi connectivity index (χ4v) is 3.86. The third-order valence-corrected chi connectivity index (χ3v) is 5.91. The maximum absolute atomic E-state index is 12.9. The molecule has 162 valence electrons. The number of carbonyl (C=O) groups is 2. The van der Waals surface area contributed by atoms with Gasteiger partial charge in [0.1, 0.15) is 5.82 Å². The van der Waals surface area contributed by atoms with E-state index in [1.165, 1.54) is 0 Å². The third-order valence-electron chi connectivity index (χ3n) is 5.91. The summed E-state index contributed by atoms with van der Waals surface area (Å²) in [4.78, 5) is 38.0. The van der Waals surface area contributed by atoms with Crippen LogP contribution in [0, 0.1) is 5.92 Å². The molecule has 0 bridgehead atoms. The molecule has 5 rings (SSSR count). The normalized spacial score (nSPS) is 16.0. The maximum Gasteiger partial charge on any atom is 0.253 e. The van der Waals surface area contributed by atoms with E-state index >= 15 is 0 Å². The summed E-state index contributed by atoms with van der Waals surface area (Å²) in [5.74, 6) is 1.82. The minimum atomic E-state index is 0.0115. The molecule has 32 heavy (non-hydrogen) atoms. The second-order valence-corrected chi connectivity index (χ2v) is 8.22. The number of nitrogens with zero attached hydrogens (tertiary/aromatic N) is 4. The molecule has 7 heteroatoms. The summed E-state index contributed by atoms with van der Waals surface area (Å²) >= 11 is 0. The molecule has 0 spiro atoms. The highest BCUT2D eigenvalue weighted by atomic mass is 16.2. The van der Waals surface area contributed by atoms with Crippen molar-refractivity contribution in [3.8, 4) is 11.4 Å². The molecular formula is C25H25N5O2. The lowest BCUT2D eigenvalue weighted by molar-refractivity contribution is -0.117. The van der Waals surface area contributed by atoms with Crippen LogP contribution in [0.4, 0.5) is 11.5 Å². The highest BCUT2D eigenvalue weighted by molar-refractivity contribution is 5.97. The van der Waals surface area contributed by atoms with Gasteiger partial charge in [0.15, 0.2) is 5.82 Å². The molecule has 2 aromatic carbocycles. The minimum Gasteiger partial charge on any atom is -0.353 e. The van der Waals surface area contributed by atoms with E-state index in [4.69, 9.17) is 4.98 Å². The molecule has 1 aliphatic heterocycles. The Labute approximate surface area is 187 Å². The number of nitrogens with one attached hydrogen (secondary N) is 1. The van der Waals surface area contributed by atoms with Gasteiger partial charge in [-0.25, -0.2) is 9.97 Å². The fraction of sp³-hybridized carbons (Fsp3) is 0.280. The lowest BCUT2D eigenvalue weighted by Crippen LogP contribution is -2.49. The van der Waals surface area contributed by atoms with Crippen molar-refractivity contribution in [2.24, 2.45) is 5.92 Å².